The molecular formula is C14H16N2O2S. The van der Waals surface area contributed by atoms with Crippen LogP contribution in [0.1, 0.15) is 25.1 Å². The molecule has 100 valence electrons. The van der Waals surface area contributed by atoms with Gasteiger partial charge in [-0.3, -0.25) is 4.79 Å². The fraction of sp³-hybridized carbons (Fsp3) is 0.286. The number of nitrogens with one attached hydrogen (secondary N) is 1. The second-order valence-electron chi connectivity index (χ2n) is 3.89. The highest BCUT2D eigenvalue weighted by atomic mass is 32.1. The molecule has 2 aromatic rings. The lowest BCUT2D eigenvalue weighted by atomic mass is 10.2. The molecule has 1 aromatic carbocycles. The van der Waals surface area contributed by atoms with E-state index in [1.807, 2.05) is 26.0 Å². The zero-order chi connectivity index (χ0) is 13.8. The van der Waals surface area contributed by atoms with Crippen LogP contribution in [0.3, 0.4) is 0 Å². The van der Waals surface area contributed by atoms with Gasteiger partial charge in [-0.2, -0.15) is 0 Å². The average molecular weight is 276 g/mol. The third-order valence-electron chi connectivity index (χ3n) is 2.65. The van der Waals surface area contributed by atoms with Crippen molar-refractivity contribution in [2.24, 2.45) is 0 Å². The minimum Gasteiger partial charge on any atom is -0.508 e. The molecule has 0 bridgehead atoms. The summed E-state index contributed by atoms with van der Waals surface area (Å²) in [4.78, 5) is 16.8. The number of thiazole rings is 1. The largest absolute Gasteiger partial charge is 0.508 e. The Morgan fingerprint density at radius 1 is 1.21 bits per heavy atom. The molecule has 2 N–H and O–H groups in total. The van der Waals surface area contributed by atoms with Crippen LogP contribution >= 0.6 is 11.3 Å². The number of carbonyl (C=O) groups excluding carboxylic acids is 1. The van der Waals surface area contributed by atoms with Crippen LogP contribution in [0.2, 0.25) is 0 Å². The zero-order valence-corrected chi connectivity index (χ0v) is 11.8. The van der Waals surface area contributed by atoms with Crippen molar-refractivity contribution in [3.8, 4) is 16.3 Å². The topological polar surface area (TPSA) is 62.2 Å². The number of aromatic hydroxyl groups is 1. The monoisotopic (exact) mass is 276 g/mol. The van der Waals surface area contributed by atoms with Crippen molar-refractivity contribution < 1.29 is 9.90 Å². The number of aryl methyl sites for hydroxylation is 1. The van der Waals surface area contributed by atoms with Crippen LogP contribution in [0.25, 0.3) is 10.6 Å². The number of amides is 1. The maximum atomic E-state index is 11.2. The molecule has 1 aliphatic rings. The molecule has 3 rings (SSSR count). The van der Waals surface area contributed by atoms with Crippen LogP contribution in [0.15, 0.2) is 24.3 Å². The van der Waals surface area contributed by atoms with Gasteiger partial charge in [0, 0.05) is 12.0 Å². The molecule has 1 amide bonds. The summed E-state index contributed by atoms with van der Waals surface area (Å²) in [6, 6.07) is 6.91. The van der Waals surface area contributed by atoms with Crippen molar-refractivity contribution >= 4 is 23.1 Å². The van der Waals surface area contributed by atoms with Crippen molar-refractivity contribution in [1.29, 1.82) is 0 Å². The van der Waals surface area contributed by atoms with E-state index in [-0.39, 0.29) is 11.7 Å². The lowest BCUT2D eigenvalue weighted by Crippen LogP contribution is -2.17. The van der Waals surface area contributed by atoms with Crippen molar-refractivity contribution in [3.63, 3.8) is 0 Å². The number of hydrogen-bond acceptors (Lipinski definition) is 4. The zero-order valence-electron chi connectivity index (χ0n) is 10.9. The Morgan fingerprint density at radius 2 is 1.89 bits per heavy atom. The second kappa shape index (κ2) is 5.84. The van der Waals surface area contributed by atoms with E-state index < -0.39 is 0 Å². The predicted molar refractivity (Wildman–Crippen MR) is 77.5 cm³/mol. The van der Waals surface area contributed by atoms with Crippen LogP contribution in [0.4, 0.5) is 5.82 Å². The van der Waals surface area contributed by atoms with Crippen molar-refractivity contribution in [3.05, 3.63) is 29.1 Å². The smallest absolute Gasteiger partial charge is 0.225 e. The van der Waals surface area contributed by atoms with Crippen LogP contribution in [0.5, 0.6) is 5.75 Å². The van der Waals surface area contributed by atoms with E-state index >= 15 is 0 Å². The van der Waals surface area contributed by atoms with Gasteiger partial charge >= 0.3 is 0 Å². The summed E-state index contributed by atoms with van der Waals surface area (Å²) in [6.45, 7) is 4.00. The molecule has 0 spiro atoms. The van der Waals surface area contributed by atoms with E-state index in [9.17, 15) is 9.90 Å². The maximum absolute atomic E-state index is 11.2. The highest BCUT2D eigenvalue weighted by Gasteiger charge is 2.19. The first kappa shape index (κ1) is 13.5. The molecule has 0 saturated carbocycles. The van der Waals surface area contributed by atoms with E-state index in [4.69, 9.17) is 0 Å². The van der Waals surface area contributed by atoms with Crippen LogP contribution < -0.4 is 5.32 Å². The van der Waals surface area contributed by atoms with Gasteiger partial charge in [-0.1, -0.05) is 13.8 Å². The summed E-state index contributed by atoms with van der Waals surface area (Å²) in [7, 11) is 0. The standard InChI is InChI=1S/C12H10N2O2S.C2H6/c15-8-3-1-7(2-4-8)12-14-11-9(17-12)5-6-10(16)13-11;1-2/h1-4,15H,5-6H2,(H,13,16);1-2H3. The molecule has 0 saturated heterocycles. The minimum atomic E-state index is 0.0278. The Labute approximate surface area is 116 Å². The number of fused-ring (bicyclic) bond motifs is 1. The molecule has 5 heteroatoms. The predicted octanol–water partition coefficient (Wildman–Crippen LogP) is 3.43. The molecule has 0 atom stereocenters. The molecule has 2 heterocycles. The number of hydrogen-bond donors (Lipinski definition) is 2. The normalized spacial score (nSPS) is 13.1. The number of anilines is 1. The van der Waals surface area contributed by atoms with Crippen molar-refractivity contribution in [2.45, 2.75) is 26.7 Å². The number of carbonyl (C=O) groups is 1. The van der Waals surface area contributed by atoms with Crippen molar-refractivity contribution in [1.82, 2.24) is 4.98 Å². The molecule has 0 unspecified atom stereocenters. The Hall–Kier alpha value is -1.88. The summed E-state index contributed by atoms with van der Waals surface area (Å²) in [5, 5.41) is 12.9. The Bertz CT molecular complexity index is 576. The van der Waals surface area contributed by atoms with Crippen LogP contribution in [-0.2, 0) is 11.2 Å². The molecular weight excluding hydrogens is 260 g/mol. The van der Waals surface area contributed by atoms with Gasteiger partial charge in [-0.25, -0.2) is 4.98 Å². The number of phenolic OH excluding ortho intramolecular Hbond substituents is 1. The lowest BCUT2D eigenvalue weighted by molar-refractivity contribution is -0.116. The highest BCUT2D eigenvalue weighted by Crippen LogP contribution is 2.34. The molecule has 1 aromatic heterocycles. The summed E-state index contributed by atoms with van der Waals surface area (Å²) in [5.41, 5.74) is 0.955. The quantitative estimate of drug-likeness (QED) is 0.838. The van der Waals surface area contributed by atoms with Crippen LogP contribution in [-0.4, -0.2) is 16.0 Å². The van der Waals surface area contributed by atoms with E-state index in [0.29, 0.717) is 12.2 Å². The van der Waals surface area contributed by atoms with E-state index in [2.05, 4.69) is 10.3 Å². The van der Waals surface area contributed by atoms with Gasteiger partial charge in [0.1, 0.15) is 16.6 Å². The molecule has 1 aliphatic heterocycles. The van der Waals surface area contributed by atoms with Gasteiger partial charge in [0.15, 0.2) is 0 Å². The van der Waals surface area contributed by atoms with Crippen LogP contribution in [0, 0.1) is 0 Å². The molecule has 0 radical (unpaired) electrons. The SMILES string of the molecule is CC.O=C1CCc2sc(-c3ccc(O)cc3)nc2N1. The number of aromatic nitrogens is 1. The first-order chi connectivity index (χ1) is 9.22. The molecule has 4 nitrogen and oxygen atoms in total. The Balaban J connectivity index is 0.000000637. The lowest BCUT2D eigenvalue weighted by Gasteiger charge is -2.09. The Kier molecular flexibility index (Phi) is 4.16. The minimum absolute atomic E-state index is 0.0278. The average Bonchev–Trinajstić information content (AvgIpc) is 2.84. The summed E-state index contributed by atoms with van der Waals surface area (Å²) < 4.78 is 0. The summed E-state index contributed by atoms with van der Waals surface area (Å²) >= 11 is 1.59. The third-order valence-corrected chi connectivity index (χ3v) is 3.81. The van der Waals surface area contributed by atoms with Gasteiger partial charge in [0.2, 0.25) is 5.91 Å². The molecule has 0 fully saturated rings. The van der Waals surface area contributed by atoms with Gasteiger partial charge in [0.05, 0.1) is 4.88 Å². The van der Waals surface area contributed by atoms with E-state index in [1.54, 1.807) is 23.5 Å². The maximum Gasteiger partial charge on any atom is 0.225 e. The highest BCUT2D eigenvalue weighted by molar-refractivity contribution is 7.15. The van der Waals surface area contributed by atoms with Gasteiger partial charge in [-0.05, 0) is 30.7 Å². The number of rotatable bonds is 1. The van der Waals surface area contributed by atoms with Gasteiger partial charge in [-0.15, -0.1) is 11.3 Å². The third kappa shape index (κ3) is 2.93. The number of benzene rings is 1. The van der Waals surface area contributed by atoms with Crippen molar-refractivity contribution in [2.75, 3.05) is 5.32 Å². The fourth-order valence-corrected chi connectivity index (χ4v) is 2.79. The molecule has 0 aliphatic carbocycles. The summed E-state index contributed by atoms with van der Waals surface area (Å²) in [5.74, 6) is 0.956. The number of nitrogens with zero attached hydrogens (tertiary/aromatic N) is 1. The number of phenols is 1. The first-order valence-electron chi connectivity index (χ1n) is 6.31. The second-order valence-corrected chi connectivity index (χ2v) is 4.97. The Morgan fingerprint density at radius 3 is 2.58 bits per heavy atom. The van der Waals surface area contributed by atoms with Gasteiger partial charge in [0.25, 0.3) is 0 Å². The van der Waals surface area contributed by atoms with E-state index in [1.165, 1.54) is 0 Å². The molecule has 19 heavy (non-hydrogen) atoms. The van der Waals surface area contributed by atoms with E-state index in [0.717, 1.165) is 21.9 Å². The van der Waals surface area contributed by atoms with Gasteiger partial charge < -0.3 is 10.4 Å². The summed E-state index contributed by atoms with van der Waals surface area (Å²) in [6.07, 6.45) is 1.29. The fourth-order valence-electron chi connectivity index (χ4n) is 1.77. The first-order valence-corrected chi connectivity index (χ1v) is 7.13.